The van der Waals surface area contributed by atoms with E-state index in [1.807, 2.05) is 6.07 Å². The minimum atomic E-state index is 0.528. The minimum Gasteiger partial charge on any atom is -0.397 e. The van der Waals surface area contributed by atoms with Crippen LogP contribution in [0, 0.1) is 5.92 Å². The van der Waals surface area contributed by atoms with Crippen molar-refractivity contribution in [2.45, 2.75) is 46.6 Å². The molecule has 102 valence electrons. The van der Waals surface area contributed by atoms with Crippen LogP contribution in [-0.2, 0) is 0 Å². The summed E-state index contributed by atoms with van der Waals surface area (Å²) in [7, 11) is 0. The summed E-state index contributed by atoms with van der Waals surface area (Å²) < 4.78 is 0.982. The zero-order valence-electron chi connectivity index (χ0n) is 11.8. The fourth-order valence-electron chi connectivity index (χ4n) is 2.19. The number of nitrogens with two attached hydrogens (primary N) is 1. The molecule has 0 fully saturated rings. The Morgan fingerprint density at radius 3 is 2.39 bits per heavy atom. The van der Waals surface area contributed by atoms with Gasteiger partial charge in [-0.3, -0.25) is 0 Å². The van der Waals surface area contributed by atoms with Crippen molar-refractivity contribution in [3.05, 3.63) is 16.7 Å². The summed E-state index contributed by atoms with van der Waals surface area (Å²) in [5.74, 6) is 1.61. The van der Waals surface area contributed by atoms with E-state index in [4.69, 9.17) is 5.73 Å². The highest BCUT2D eigenvalue weighted by atomic mass is 79.9. The first-order valence-corrected chi connectivity index (χ1v) is 7.46. The summed E-state index contributed by atoms with van der Waals surface area (Å²) >= 11 is 3.58. The molecular weight excluding hydrogens is 290 g/mol. The van der Waals surface area contributed by atoms with Gasteiger partial charge in [-0.2, -0.15) is 0 Å². The van der Waals surface area contributed by atoms with Crippen molar-refractivity contribution in [2.75, 3.05) is 17.2 Å². The summed E-state index contributed by atoms with van der Waals surface area (Å²) in [5, 5.41) is 0. The molecule has 1 heterocycles. The van der Waals surface area contributed by atoms with Crippen LogP contribution in [0.1, 0.15) is 40.5 Å². The average molecular weight is 314 g/mol. The Bertz CT molecular complexity index is 375. The van der Waals surface area contributed by atoms with Crippen molar-refractivity contribution in [1.82, 2.24) is 4.98 Å². The van der Waals surface area contributed by atoms with E-state index in [0.717, 1.165) is 29.7 Å². The van der Waals surface area contributed by atoms with Crippen LogP contribution >= 0.6 is 15.9 Å². The zero-order chi connectivity index (χ0) is 13.7. The van der Waals surface area contributed by atoms with E-state index in [1.165, 1.54) is 0 Å². The predicted molar refractivity (Wildman–Crippen MR) is 82.9 cm³/mol. The molecule has 0 saturated carbocycles. The quantitative estimate of drug-likeness (QED) is 0.860. The lowest BCUT2D eigenvalue weighted by molar-refractivity contribution is 0.503. The molecule has 0 unspecified atom stereocenters. The van der Waals surface area contributed by atoms with Crippen LogP contribution in [0.4, 0.5) is 11.5 Å². The molecule has 0 spiro atoms. The van der Waals surface area contributed by atoms with Crippen LogP contribution in [0.5, 0.6) is 0 Å². The molecule has 1 aromatic heterocycles. The molecule has 0 aromatic carbocycles. The minimum absolute atomic E-state index is 0.528. The maximum atomic E-state index is 5.76. The van der Waals surface area contributed by atoms with Gasteiger partial charge in [-0.25, -0.2) is 4.98 Å². The lowest BCUT2D eigenvalue weighted by atomic mass is 10.1. The second-order valence-electron chi connectivity index (χ2n) is 5.09. The number of aromatic nitrogens is 1. The molecule has 0 radical (unpaired) electrons. The third-order valence-corrected chi connectivity index (χ3v) is 3.64. The van der Waals surface area contributed by atoms with Crippen LogP contribution < -0.4 is 10.6 Å². The third kappa shape index (κ3) is 3.87. The Morgan fingerprint density at radius 1 is 1.33 bits per heavy atom. The van der Waals surface area contributed by atoms with Crippen LogP contribution in [0.3, 0.4) is 0 Å². The van der Waals surface area contributed by atoms with Crippen LogP contribution in [-0.4, -0.2) is 17.6 Å². The van der Waals surface area contributed by atoms with E-state index in [2.05, 4.69) is 53.5 Å². The Kier molecular flexibility index (Phi) is 5.93. The predicted octanol–water partition coefficient (Wildman–Crippen LogP) is 4.08. The van der Waals surface area contributed by atoms with Crippen LogP contribution in [0.2, 0.25) is 0 Å². The van der Waals surface area contributed by atoms with Gasteiger partial charge < -0.3 is 10.6 Å². The fourth-order valence-corrected chi connectivity index (χ4v) is 2.78. The number of pyridine rings is 1. The molecule has 3 nitrogen and oxygen atoms in total. The van der Waals surface area contributed by atoms with Crippen molar-refractivity contribution >= 4 is 27.4 Å². The van der Waals surface area contributed by atoms with Gasteiger partial charge in [0.15, 0.2) is 0 Å². The smallest absolute Gasteiger partial charge is 0.143 e. The van der Waals surface area contributed by atoms with Crippen molar-refractivity contribution in [1.29, 1.82) is 0 Å². The first-order valence-electron chi connectivity index (χ1n) is 6.67. The number of nitrogen functional groups attached to an aromatic ring is 1. The van der Waals surface area contributed by atoms with E-state index >= 15 is 0 Å². The number of halogens is 1. The van der Waals surface area contributed by atoms with Gasteiger partial charge in [-0.1, -0.05) is 27.7 Å². The van der Waals surface area contributed by atoms with E-state index in [9.17, 15) is 0 Å². The molecule has 0 atom stereocenters. The maximum absolute atomic E-state index is 5.76. The lowest BCUT2D eigenvalue weighted by Gasteiger charge is -2.33. The number of hydrogen-bond donors (Lipinski definition) is 1. The summed E-state index contributed by atoms with van der Waals surface area (Å²) in [6.07, 6.45) is 3.99. The number of rotatable bonds is 6. The lowest BCUT2D eigenvalue weighted by Crippen LogP contribution is -2.38. The topological polar surface area (TPSA) is 42.2 Å². The third-order valence-electron chi connectivity index (χ3n) is 3.06. The summed E-state index contributed by atoms with van der Waals surface area (Å²) in [6.45, 7) is 9.95. The molecule has 0 aliphatic heterocycles. The molecule has 0 amide bonds. The number of anilines is 2. The summed E-state index contributed by atoms with van der Waals surface area (Å²) in [6, 6.07) is 2.46. The molecule has 2 N–H and O–H groups in total. The molecule has 4 heteroatoms. The monoisotopic (exact) mass is 313 g/mol. The summed E-state index contributed by atoms with van der Waals surface area (Å²) in [5.41, 5.74) is 6.45. The van der Waals surface area contributed by atoms with Gasteiger partial charge in [0.2, 0.25) is 0 Å². The van der Waals surface area contributed by atoms with Crippen LogP contribution in [0.25, 0.3) is 0 Å². The van der Waals surface area contributed by atoms with Crippen molar-refractivity contribution < 1.29 is 0 Å². The Hall–Kier alpha value is -0.770. The highest BCUT2D eigenvalue weighted by Crippen LogP contribution is 2.29. The molecule has 18 heavy (non-hydrogen) atoms. The molecule has 0 bridgehead atoms. The fraction of sp³-hybridized carbons (Fsp3) is 0.643. The molecule has 0 aliphatic carbocycles. The average Bonchev–Trinajstić information content (AvgIpc) is 2.29. The van der Waals surface area contributed by atoms with Crippen molar-refractivity contribution in [3.8, 4) is 0 Å². The molecule has 0 aliphatic rings. The largest absolute Gasteiger partial charge is 0.397 e. The Balaban J connectivity index is 3.08. The summed E-state index contributed by atoms with van der Waals surface area (Å²) in [4.78, 5) is 6.90. The zero-order valence-corrected chi connectivity index (χ0v) is 13.4. The first kappa shape index (κ1) is 15.3. The Morgan fingerprint density at radius 2 is 1.94 bits per heavy atom. The highest BCUT2D eigenvalue weighted by Gasteiger charge is 2.20. The van der Waals surface area contributed by atoms with Gasteiger partial charge in [0.25, 0.3) is 0 Å². The van der Waals surface area contributed by atoms with E-state index < -0.39 is 0 Å². The first-order chi connectivity index (χ1) is 8.49. The van der Waals surface area contributed by atoms with E-state index in [0.29, 0.717) is 17.6 Å². The van der Waals surface area contributed by atoms with Gasteiger partial charge in [-0.05, 0) is 40.8 Å². The van der Waals surface area contributed by atoms with Gasteiger partial charge in [0.05, 0.1) is 16.4 Å². The van der Waals surface area contributed by atoms with Gasteiger partial charge in [0.1, 0.15) is 5.82 Å². The second-order valence-corrected chi connectivity index (χ2v) is 5.94. The van der Waals surface area contributed by atoms with Gasteiger partial charge >= 0.3 is 0 Å². The molecule has 0 saturated heterocycles. The second kappa shape index (κ2) is 6.98. The Labute approximate surface area is 119 Å². The van der Waals surface area contributed by atoms with Gasteiger partial charge in [-0.15, -0.1) is 0 Å². The molecule has 1 rings (SSSR count). The maximum Gasteiger partial charge on any atom is 0.143 e. The SMILES string of the molecule is CCC(CC)N(CC(C)C)c1ncc(N)cc1Br. The standard InChI is InChI=1S/C14H24BrN3/c1-5-12(6-2)18(9-10(3)4)14-13(15)7-11(16)8-17-14/h7-8,10,12H,5-6,9,16H2,1-4H3. The normalized spacial score (nSPS) is 11.3. The van der Waals surface area contributed by atoms with E-state index in [-0.39, 0.29) is 0 Å². The van der Waals surface area contributed by atoms with Crippen molar-refractivity contribution in [3.63, 3.8) is 0 Å². The van der Waals surface area contributed by atoms with Gasteiger partial charge in [0, 0.05) is 12.6 Å². The van der Waals surface area contributed by atoms with Crippen LogP contribution in [0.15, 0.2) is 16.7 Å². The van der Waals surface area contributed by atoms with Crippen molar-refractivity contribution in [2.24, 2.45) is 5.92 Å². The highest BCUT2D eigenvalue weighted by molar-refractivity contribution is 9.10. The number of nitrogens with zero attached hydrogens (tertiary/aromatic N) is 2. The molecule has 1 aromatic rings. The molecular formula is C14H24BrN3. The number of hydrogen-bond acceptors (Lipinski definition) is 3. The van der Waals surface area contributed by atoms with E-state index in [1.54, 1.807) is 6.20 Å².